The second kappa shape index (κ2) is 7.56. The van der Waals surface area contributed by atoms with Gasteiger partial charge in [-0.25, -0.2) is 0 Å². The molecule has 0 aromatic carbocycles. The van der Waals surface area contributed by atoms with Crippen LogP contribution in [0.3, 0.4) is 0 Å². The number of rotatable bonds is 8. The van der Waals surface area contributed by atoms with E-state index in [1.165, 1.54) is 11.5 Å². The predicted molar refractivity (Wildman–Crippen MR) is 60.2 cm³/mol. The molecule has 0 saturated carbocycles. The Kier molecular flexibility index (Phi) is 6.22. The Morgan fingerprint density at radius 2 is 2.07 bits per heavy atom. The maximum absolute atomic E-state index is 5.41. The summed E-state index contributed by atoms with van der Waals surface area (Å²) in [6, 6.07) is 0. The molecule has 0 bridgehead atoms. The van der Waals surface area contributed by atoms with E-state index in [4.69, 9.17) is 9.47 Å². The summed E-state index contributed by atoms with van der Waals surface area (Å²) < 4.78 is 14.5. The first-order chi connectivity index (χ1) is 7.38. The van der Waals surface area contributed by atoms with Gasteiger partial charge in [0.15, 0.2) is 0 Å². The maximum atomic E-state index is 5.41. The van der Waals surface area contributed by atoms with Crippen molar-refractivity contribution in [3.8, 4) is 0 Å². The number of anilines is 1. The molecule has 1 rings (SSSR count). The molecule has 1 N–H and O–H groups in total. The highest BCUT2D eigenvalue weighted by molar-refractivity contribution is 7.10. The molecule has 6 heteroatoms. The Hall–Kier alpha value is -0.720. The van der Waals surface area contributed by atoms with E-state index in [0.717, 1.165) is 23.7 Å². The van der Waals surface area contributed by atoms with E-state index in [9.17, 15) is 0 Å². The zero-order valence-corrected chi connectivity index (χ0v) is 9.97. The lowest BCUT2D eigenvalue weighted by Gasteiger charge is -2.04. The normalized spacial score (nSPS) is 10.5. The van der Waals surface area contributed by atoms with Gasteiger partial charge in [-0.3, -0.25) is 0 Å². The van der Waals surface area contributed by atoms with E-state index >= 15 is 0 Å². The SMILES string of the molecule is CCCOCCOCc1nnsc1NC. The zero-order valence-electron chi connectivity index (χ0n) is 9.15. The second-order valence-corrected chi connectivity index (χ2v) is 3.72. The number of nitrogens with zero attached hydrogens (tertiary/aromatic N) is 2. The van der Waals surface area contributed by atoms with Gasteiger partial charge in [0, 0.05) is 25.2 Å². The first-order valence-corrected chi connectivity index (χ1v) is 5.80. The van der Waals surface area contributed by atoms with Gasteiger partial charge < -0.3 is 14.8 Å². The first-order valence-electron chi connectivity index (χ1n) is 5.03. The number of aromatic nitrogens is 2. The van der Waals surface area contributed by atoms with Gasteiger partial charge in [-0.2, -0.15) is 0 Å². The lowest BCUT2D eigenvalue weighted by molar-refractivity contribution is 0.0399. The molecule has 0 unspecified atom stereocenters. The minimum atomic E-state index is 0.488. The monoisotopic (exact) mass is 231 g/mol. The Balaban J connectivity index is 2.09. The van der Waals surface area contributed by atoms with Crippen LogP contribution in [-0.2, 0) is 16.1 Å². The van der Waals surface area contributed by atoms with Crippen LogP contribution in [0.2, 0.25) is 0 Å². The van der Waals surface area contributed by atoms with Crippen molar-refractivity contribution in [2.45, 2.75) is 20.0 Å². The van der Waals surface area contributed by atoms with E-state index in [1.54, 1.807) is 0 Å². The quantitative estimate of drug-likeness (QED) is 0.687. The highest BCUT2D eigenvalue weighted by Crippen LogP contribution is 2.16. The molecular formula is C9H17N3O2S. The molecule has 1 aromatic heterocycles. The number of ether oxygens (including phenoxy) is 2. The molecule has 15 heavy (non-hydrogen) atoms. The minimum absolute atomic E-state index is 0.488. The third-order valence-electron chi connectivity index (χ3n) is 1.74. The number of nitrogens with one attached hydrogen (secondary N) is 1. The van der Waals surface area contributed by atoms with Gasteiger partial charge in [-0.15, -0.1) is 5.10 Å². The molecule has 0 aliphatic rings. The molecule has 0 saturated heterocycles. The van der Waals surface area contributed by atoms with E-state index in [0.29, 0.717) is 19.8 Å². The highest BCUT2D eigenvalue weighted by Gasteiger charge is 2.05. The van der Waals surface area contributed by atoms with Gasteiger partial charge in [-0.1, -0.05) is 11.4 Å². The molecule has 0 fully saturated rings. The molecule has 0 amide bonds. The van der Waals surface area contributed by atoms with E-state index in [-0.39, 0.29) is 0 Å². The maximum Gasteiger partial charge on any atom is 0.135 e. The predicted octanol–water partition coefficient (Wildman–Crippen LogP) is 1.52. The van der Waals surface area contributed by atoms with Gasteiger partial charge in [0.25, 0.3) is 0 Å². The van der Waals surface area contributed by atoms with Crippen molar-refractivity contribution < 1.29 is 9.47 Å². The summed E-state index contributed by atoms with van der Waals surface area (Å²) in [6.45, 7) is 4.60. The summed E-state index contributed by atoms with van der Waals surface area (Å²) in [6.07, 6.45) is 1.04. The van der Waals surface area contributed by atoms with Crippen LogP contribution in [-0.4, -0.2) is 36.5 Å². The number of hydrogen-bond acceptors (Lipinski definition) is 6. The van der Waals surface area contributed by atoms with Crippen molar-refractivity contribution in [3.63, 3.8) is 0 Å². The second-order valence-electron chi connectivity index (χ2n) is 2.96. The highest BCUT2D eigenvalue weighted by atomic mass is 32.1. The topological polar surface area (TPSA) is 56.3 Å². The first kappa shape index (κ1) is 12.4. The smallest absolute Gasteiger partial charge is 0.135 e. The molecule has 86 valence electrons. The average Bonchev–Trinajstić information content (AvgIpc) is 2.70. The van der Waals surface area contributed by atoms with Crippen LogP contribution in [0.15, 0.2) is 0 Å². The van der Waals surface area contributed by atoms with Crippen LogP contribution in [0.5, 0.6) is 0 Å². The fourth-order valence-electron chi connectivity index (χ4n) is 1.03. The zero-order chi connectivity index (χ0) is 10.9. The molecule has 0 aliphatic heterocycles. The largest absolute Gasteiger partial charge is 0.379 e. The van der Waals surface area contributed by atoms with Crippen molar-refractivity contribution in [1.82, 2.24) is 9.59 Å². The fraction of sp³-hybridized carbons (Fsp3) is 0.778. The third kappa shape index (κ3) is 4.55. The standard InChI is InChI=1S/C9H17N3O2S/c1-3-4-13-5-6-14-7-8-9(10-2)15-12-11-8/h10H,3-7H2,1-2H3. The molecule has 0 spiro atoms. The van der Waals surface area contributed by atoms with E-state index in [2.05, 4.69) is 21.8 Å². The summed E-state index contributed by atoms with van der Waals surface area (Å²) in [5.41, 5.74) is 0.859. The molecule has 0 radical (unpaired) electrons. The Bertz CT molecular complexity index is 268. The van der Waals surface area contributed by atoms with Crippen molar-refractivity contribution >= 4 is 16.5 Å². The van der Waals surface area contributed by atoms with Gasteiger partial charge in [0.1, 0.15) is 10.7 Å². The minimum Gasteiger partial charge on any atom is -0.379 e. The van der Waals surface area contributed by atoms with Crippen molar-refractivity contribution in [2.75, 3.05) is 32.2 Å². The van der Waals surface area contributed by atoms with Crippen LogP contribution in [0.1, 0.15) is 19.0 Å². The third-order valence-corrected chi connectivity index (χ3v) is 2.53. The lowest BCUT2D eigenvalue weighted by Crippen LogP contribution is -2.05. The summed E-state index contributed by atoms with van der Waals surface area (Å²) in [5, 5.41) is 7.94. The van der Waals surface area contributed by atoms with Crippen LogP contribution in [0.4, 0.5) is 5.00 Å². The van der Waals surface area contributed by atoms with E-state index < -0.39 is 0 Å². The lowest BCUT2D eigenvalue weighted by atomic mass is 10.5. The summed E-state index contributed by atoms with van der Waals surface area (Å²) >= 11 is 1.34. The molecule has 5 nitrogen and oxygen atoms in total. The van der Waals surface area contributed by atoms with Crippen molar-refractivity contribution in [2.24, 2.45) is 0 Å². The summed E-state index contributed by atoms with van der Waals surface area (Å²) in [4.78, 5) is 0. The van der Waals surface area contributed by atoms with Crippen LogP contribution >= 0.6 is 11.5 Å². The van der Waals surface area contributed by atoms with E-state index in [1.807, 2.05) is 7.05 Å². The van der Waals surface area contributed by atoms with Crippen molar-refractivity contribution in [3.05, 3.63) is 5.69 Å². The Morgan fingerprint density at radius 3 is 2.80 bits per heavy atom. The summed E-state index contributed by atoms with van der Waals surface area (Å²) in [5.74, 6) is 0. The molecule has 0 atom stereocenters. The van der Waals surface area contributed by atoms with Gasteiger partial charge in [0.2, 0.25) is 0 Å². The fourth-order valence-corrected chi connectivity index (χ4v) is 1.54. The van der Waals surface area contributed by atoms with Crippen LogP contribution in [0.25, 0.3) is 0 Å². The van der Waals surface area contributed by atoms with Crippen LogP contribution < -0.4 is 5.32 Å². The Morgan fingerprint density at radius 1 is 1.27 bits per heavy atom. The van der Waals surface area contributed by atoms with Gasteiger partial charge >= 0.3 is 0 Å². The Labute approximate surface area is 94.0 Å². The summed E-state index contributed by atoms with van der Waals surface area (Å²) in [7, 11) is 1.85. The van der Waals surface area contributed by atoms with Crippen LogP contribution in [0, 0.1) is 0 Å². The van der Waals surface area contributed by atoms with Crippen molar-refractivity contribution in [1.29, 1.82) is 0 Å². The molecule has 0 aliphatic carbocycles. The van der Waals surface area contributed by atoms with Gasteiger partial charge in [0.05, 0.1) is 19.8 Å². The average molecular weight is 231 g/mol. The molecule has 1 aromatic rings. The van der Waals surface area contributed by atoms with Gasteiger partial charge in [-0.05, 0) is 6.42 Å². The molecule has 1 heterocycles. The molecular weight excluding hydrogens is 214 g/mol. The number of hydrogen-bond donors (Lipinski definition) is 1.